The zero-order chi connectivity index (χ0) is 14.0. The third-order valence-electron chi connectivity index (χ3n) is 3.21. The summed E-state index contributed by atoms with van der Waals surface area (Å²) in [4.78, 5) is 4.40. The van der Waals surface area contributed by atoms with Crippen molar-refractivity contribution >= 4 is 5.82 Å². The molecule has 0 unspecified atom stereocenters. The fourth-order valence-corrected chi connectivity index (χ4v) is 2.02. The molecule has 0 aliphatic rings. The Balaban J connectivity index is 2.61. The van der Waals surface area contributed by atoms with E-state index < -0.39 is 0 Å². The number of hydrogen-bond acceptors (Lipinski definition) is 4. The maximum absolute atomic E-state index is 4.40. The van der Waals surface area contributed by atoms with E-state index in [0.29, 0.717) is 11.7 Å². The summed E-state index contributed by atoms with van der Waals surface area (Å²) in [6.07, 6.45) is 0. The number of aromatic nitrogens is 3. The maximum Gasteiger partial charge on any atom is 0.156 e. The van der Waals surface area contributed by atoms with E-state index >= 15 is 0 Å². The minimum absolute atomic E-state index is 0.490. The third kappa shape index (κ3) is 2.72. The average molecular weight is 256 g/mol. The molecular weight excluding hydrogens is 236 g/mol. The first-order chi connectivity index (χ1) is 9.02. The molecular formula is C15H20N4. The molecule has 2 aromatic rings. The van der Waals surface area contributed by atoms with Gasteiger partial charge in [0.25, 0.3) is 0 Å². The molecule has 0 saturated carbocycles. The molecule has 0 amide bonds. The topological polar surface area (TPSA) is 50.7 Å². The number of rotatable bonds is 3. The summed E-state index contributed by atoms with van der Waals surface area (Å²) in [5, 5.41) is 11.5. The van der Waals surface area contributed by atoms with Gasteiger partial charge in [0.05, 0.1) is 0 Å². The molecule has 19 heavy (non-hydrogen) atoms. The van der Waals surface area contributed by atoms with Crippen molar-refractivity contribution in [3.63, 3.8) is 0 Å². The number of nitrogens with one attached hydrogen (secondary N) is 1. The molecule has 0 bridgehead atoms. The van der Waals surface area contributed by atoms with Gasteiger partial charge in [-0.25, -0.2) is 4.98 Å². The van der Waals surface area contributed by atoms with E-state index in [4.69, 9.17) is 0 Å². The molecule has 0 aliphatic heterocycles. The molecule has 1 aromatic heterocycles. The van der Waals surface area contributed by atoms with Crippen LogP contribution in [0.4, 0.5) is 5.82 Å². The molecule has 1 heterocycles. The smallest absolute Gasteiger partial charge is 0.156 e. The van der Waals surface area contributed by atoms with Crippen molar-refractivity contribution in [1.82, 2.24) is 15.2 Å². The lowest BCUT2D eigenvalue weighted by molar-refractivity contribution is 0.865. The number of nitrogens with zero attached hydrogens (tertiary/aromatic N) is 3. The van der Waals surface area contributed by atoms with Gasteiger partial charge in [0.1, 0.15) is 11.5 Å². The molecule has 0 fully saturated rings. The molecule has 0 atom stereocenters. The molecule has 0 spiro atoms. The molecule has 0 radical (unpaired) electrons. The van der Waals surface area contributed by atoms with Crippen LogP contribution in [0.2, 0.25) is 0 Å². The van der Waals surface area contributed by atoms with Crippen molar-refractivity contribution in [2.45, 2.75) is 33.6 Å². The highest BCUT2D eigenvalue weighted by Gasteiger charge is 2.13. The molecule has 4 nitrogen and oxygen atoms in total. The molecule has 0 aliphatic carbocycles. The van der Waals surface area contributed by atoms with E-state index in [1.165, 1.54) is 11.1 Å². The van der Waals surface area contributed by atoms with E-state index in [1.54, 1.807) is 0 Å². The zero-order valence-corrected chi connectivity index (χ0v) is 12.2. The summed E-state index contributed by atoms with van der Waals surface area (Å²) in [7, 11) is 1.86. The van der Waals surface area contributed by atoms with E-state index in [1.807, 2.05) is 14.0 Å². The summed E-state index contributed by atoms with van der Waals surface area (Å²) < 4.78 is 0. The van der Waals surface area contributed by atoms with Crippen LogP contribution < -0.4 is 5.32 Å². The van der Waals surface area contributed by atoms with Gasteiger partial charge in [-0.3, -0.25) is 0 Å². The van der Waals surface area contributed by atoms with Gasteiger partial charge in [-0.1, -0.05) is 26.0 Å². The molecule has 100 valence electrons. The summed E-state index contributed by atoms with van der Waals surface area (Å²) in [6.45, 7) is 8.30. The molecule has 2 rings (SSSR count). The Kier molecular flexibility index (Phi) is 3.79. The largest absolute Gasteiger partial charge is 0.371 e. The fraction of sp³-hybridized carbons (Fsp3) is 0.400. The summed E-state index contributed by atoms with van der Waals surface area (Å²) in [5.74, 6) is 1.94. The van der Waals surface area contributed by atoms with Gasteiger partial charge in [-0.05, 0) is 37.0 Å². The summed E-state index contributed by atoms with van der Waals surface area (Å²) >= 11 is 0. The normalized spacial score (nSPS) is 10.8. The van der Waals surface area contributed by atoms with Crippen LogP contribution in [0.15, 0.2) is 18.2 Å². The number of hydrogen-bond donors (Lipinski definition) is 1. The van der Waals surface area contributed by atoms with Crippen LogP contribution in [0.25, 0.3) is 11.3 Å². The van der Waals surface area contributed by atoms with E-state index in [2.05, 4.69) is 59.5 Å². The lowest BCUT2D eigenvalue weighted by atomic mass is 9.96. The van der Waals surface area contributed by atoms with Gasteiger partial charge in [-0.2, -0.15) is 0 Å². The van der Waals surface area contributed by atoms with Crippen molar-refractivity contribution < 1.29 is 0 Å². The Morgan fingerprint density at radius 1 is 1.11 bits per heavy atom. The molecule has 1 aromatic carbocycles. The zero-order valence-electron chi connectivity index (χ0n) is 12.2. The van der Waals surface area contributed by atoms with Gasteiger partial charge >= 0.3 is 0 Å². The van der Waals surface area contributed by atoms with E-state index in [9.17, 15) is 0 Å². The Morgan fingerprint density at radius 2 is 1.84 bits per heavy atom. The summed E-state index contributed by atoms with van der Waals surface area (Å²) in [6, 6.07) is 6.48. The van der Waals surface area contributed by atoms with Gasteiger partial charge < -0.3 is 5.32 Å². The first-order valence-corrected chi connectivity index (χ1v) is 6.53. The van der Waals surface area contributed by atoms with Crippen molar-refractivity contribution in [2.75, 3.05) is 12.4 Å². The highest BCUT2D eigenvalue weighted by molar-refractivity contribution is 5.74. The Morgan fingerprint density at radius 3 is 2.47 bits per heavy atom. The van der Waals surface area contributed by atoms with Gasteiger partial charge in [-0.15, -0.1) is 10.2 Å². The minimum atomic E-state index is 0.490. The van der Waals surface area contributed by atoms with Crippen LogP contribution in [0.1, 0.15) is 36.7 Å². The third-order valence-corrected chi connectivity index (χ3v) is 3.21. The first-order valence-electron chi connectivity index (χ1n) is 6.53. The van der Waals surface area contributed by atoms with Crippen LogP contribution in [0.5, 0.6) is 0 Å². The van der Waals surface area contributed by atoms with Gasteiger partial charge in [0, 0.05) is 12.6 Å². The monoisotopic (exact) mass is 256 g/mol. The highest BCUT2D eigenvalue weighted by atomic mass is 15.2. The average Bonchev–Trinajstić information content (AvgIpc) is 2.39. The van der Waals surface area contributed by atoms with Gasteiger partial charge in [0.15, 0.2) is 5.82 Å². The predicted octanol–water partition coefficient (Wildman–Crippen LogP) is 3.32. The lowest BCUT2D eigenvalue weighted by Gasteiger charge is -2.13. The van der Waals surface area contributed by atoms with Crippen LogP contribution in [-0.4, -0.2) is 22.2 Å². The second-order valence-electron chi connectivity index (χ2n) is 5.04. The fourth-order valence-electron chi connectivity index (χ4n) is 2.02. The maximum atomic E-state index is 4.40. The quantitative estimate of drug-likeness (QED) is 0.915. The first kappa shape index (κ1) is 13.5. The minimum Gasteiger partial charge on any atom is -0.371 e. The van der Waals surface area contributed by atoms with E-state index in [-0.39, 0.29) is 0 Å². The van der Waals surface area contributed by atoms with Crippen LogP contribution in [0, 0.1) is 13.8 Å². The van der Waals surface area contributed by atoms with Crippen molar-refractivity contribution in [3.8, 4) is 11.3 Å². The molecule has 0 saturated heterocycles. The lowest BCUT2D eigenvalue weighted by Crippen LogP contribution is -2.04. The Hall–Kier alpha value is -1.97. The van der Waals surface area contributed by atoms with Crippen molar-refractivity contribution in [1.29, 1.82) is 0 Å². The number of aryl methyl sites for hydroxylation is 2. The highest BCUT2D eigenvalue weighted by Crippen LogP contribution is 2.29. The Labute approximate surface area is 114 Å². The molecule has 4 heteroatoms. The number of anilines is 1. The van der Waals surface area contributed by atoms with Crippen LogP contribution in [-0.2, 0) is 0 Å². The van der Waals surface area contributed by atoms with Crippen LogP contribution in [0.3, 0.4) is 0 Å². The standard InChI is InChI=1S/C15H20N4/c1-9(2)12-7-6-10(3)13(8-12)14-15(16-5)17-11(4)18-19-14/h6-9H,1-5H3,(H,16,17,18). The molecule has 1 N–H and O–H groups in total. The second kappa shape index (κ2) is 5.34. The SMILES string of the molecule is CNc1nc(C)nnc1-c1cc(C(C)C)ccc1C. The van der Waals surface area contributed by atoms with E-state index in [0.717, 1.165) is 17.1 Å². The predicted molar refractivity (Wildman–Crippen MR) is 78.4 cm³/mol. The van der Waals surface area contributed by atoms with Crippen LogP contribution >= 0.6 is 0 Å². The Bertz CT molecular complexity index is 591. The second-order valence-corrected chi connectivity index (χ2v) is 5.04. The van der Waals surface area contributed by atoms with Crippen molar-refractivity contribution in [2.24, 2.45) is 0 Å². The summed E-state index contributed by atoms with van der Waals surface area (Å²) in [5.41, 5.74) is 4.38. The van der Waals surface area contributed by atoms with Crippen molar-refractivity contribution in [3.05, 3.63) is 35.2 Å². The number of benzene rings is 1. The van der Waals surface area contributed by atoms with Gasteiger partial charge in [0.2, 0.25) is 0 Å².